The molecule has 0 atom stereocenters. The van der Waals surface area contributed by atoms with Gasteiger partial charge in [0.05, 0.1) is 15.7 Å². The molecule has 1 fully saturated rings. The van der Waals surface area contributed by atoms with E-state index in [0.717, 1.165) is 37.6 Å². The Morgan fingerprint density at radius 3 is 2.32 bits per heavy atom. The molecule has 1 aromatic heterocycles. The Morgan fingerprint density at radius 2 is 1.61 bits per heavy atom. The van der Waals surface area contributed by atoms with E-state index in [-0.39, 0.29) is 5.82 Å². The minimum atomic E-state index is -0.218. The lowest BCUT2D eigenvalue weighted by atomic mass is 10.2. The summed E-state index contributed by atoms with van der Waals surface area (Å²) in [7, 11) is 0. The summed E-state index contributed by atoms with van der Waals surface area (Å²) in [4.78, 5) is 4.44. The number of benzene rings is 2. The summed E-state index contributed by atoms with van der Waals surface area (Å²) in [5, 5.41) is 12.8. The first-order valence-electron chi connectivity index (χ1n) is 8.77. The van der Waals surface area contributed by atoms with Crippen molar-refractivity contribution >= 4 is 35.0 Å². The minimum absolute atomic E-state index is 0.218. The summed E-state index contributed by atoms with van der Waals surface area (Å²) < 4.78 is 14.7. The lowest BCUT2D eigenvalue weighted by Gasteiger charge is -2.35. The van der Waals surface area contributed by atoms with E-state index in [4.69, 9.17) is 23.2 Å². The summed E-state index contributed by atoms with van der Waals surface area (Å²) >= 11 is 12.1. The van der Waals surface area contributed by atoms with Crippen LogP contribution in [0.3, 0.4) is 0 Å². The molecule has 9 heteroatoms. The molecule has 1 aliphatic heterocycles. The molecule has 144 valence electrons. The van der Waals surface area contributed by atoms with Crippen molar-refractivity contribution in [1.29, 1.82) is 0 Å². The highest BCUT2D eigenvalue weighted by Crippen LogP contribution is 2.24. The van der Waals surface area contributed by atoms with Crippen molar-refractivity contribution in [3.63, 3.8) is 0 Å². The van der Waals surface area contributed by atoms with E-state index in [1.807, 2.05) is 30.5 Å². The van der Waals surface area contributed by atoms with E-state index in [0.29, 0.717) is 15.9 Å². The van der Waals surface area contributed by atoms with Crippen LogP contribution >= 0.6 is 23.2 Å². The molecule has 0 radical (unpaired) electrons. The minimum Gasteiger partial charge on any atom is -0.374 e. The van der Waals surface area contributed by atoms with Gasteiger partial charge in [-0.1, -0.05) is 23.2 Å². The number of anilines is 1. The van der Waals surface area contributed by atoms with Crippen LogP contribution in [0.15, 0.2) is 48.7 Å². The van der Waals surface area contributed by atoms with Crippen molar-refractivity contribution in [1.82, 2.24) is 25.1 Å². The van der Waals surface area contributed by atoms with Gasteiger partial charge < -0.3 is 9.80 Å². The Hall–Kier alpha value is -2.64. The second kappa shape index (κ2) is 8.16. The summed E-state index contributed by atoms with van der Waals surface area (Å²) in [6, 6.07) is 11.8. The predicted octanol–water partition coefficient (Wildman–Crippen LogP) is 3.90. The van der Waals surface area contributed by atoms with Crippen LogP contribution in [0.1, 0.15) is 5.82 Å². The van der Waals surface area contributed by atoms with Crippen LogP contribution in [-0.4, -0.2) is 51.3 Å². The molecule has 0 unspecified atom stereocenters. The van der Waals surface area contributed by atoms with E-state index < -0.39 is 0 Å². The van der Waals surface area contributed by atoms with Gasteiger partial charge in [0.25, 0.3) is 0 Å². The molecule has 28 heavy (non-hydrogen) atoms. The van der Waals surface area contributed by atoms with Crippen LogP contribution in [-0.2, 0) is 0 Å². The molecule has 2 aromatic carbocycles. The molecule has 1 saturated heterocycles. The van der Waals surface area contributed by atoms with E-state index in [9.17, 15) is 4.39 Å². The monoisotopic (exact) mass is 418 g/mol. The van der Waals surface area contributed by atoms with Crippen molar-refractivity contribution in [2.24, 2.45) is 0 Å². The molecular formula is C19H17Cl2FN6. The third-order valence-electron chi connectivity index (χ3n) is 4.58. The van der Waals surface area contributed by atoms with Crippen LogP contribution in [0.4, 0.5) is 10.1 Å². The largest absolute Gasteiger partial charge is 0.374 e. The standard InChI is InChI=1S/C19H17Cl2FN6/c20-17-6-5-16(13-18(17)21)28-19(23-24-25-28)7-8-26-9-11-27(12-10-26)15-3-1-14(22)2-4-15/h1-8,13H,9-12H2/b8-7+. The third kappa shape index (κ3) is 4.10. The van der Waals surface area contributed by atoms with Crippen LogP contribution in [0.5, 0.6) is 0 Å². The SMILES string of the molecule is Fc1ccc(N2CCN(/C=C/c3nnnn3-c3ccc(Cl)c(Cl)c3)CC2)cc1. The topological polar surface area (TPSA) is 50.1 Å². The van der Waals surface area contributed by atoms with Crippen LogP contribution in [0, 0.1) is 5.82 Å². The van der Waals surface area contributed by atoms with Gasteiger partial charge in [-0.3, -0.25) is 0 Å². The van der Waals surface area contributed by atoms with E-state index >= 15 is 0 Å². The maximum atomic E-state index is 13.1. The summed E-state index contributed by atoms with van der Waals surface area (Å²) in [5.41, 5.74) is 1.77. The van der Waals surface area contributed by atoms with Crippen molar-refractivity contribution in [3.8, 4) is 5.69 Å². The van der Waals surface area contributed by atoms with Crippen molar-refractivity contribution < 1.29 is 4.39 Å². The fourth-order valence-corrected chi connectivity index (χ4v) is 3.34. The Morgan fingerprint density at radius 1 is 0.893 bits per heavy atom. The highest BCUT2D eigenvalue weighted by molar-refractivity contribution is 6.42. The number of piperazine rings is 1. The Labute approximate surface area is 171 Å². The Bertz CT molecular complexity index is 980. The number of aromatic nitrogens is 4. The van der Waals surface area contributed by atoms with E-state index in [1.54, 1.807) is 16.8 Å². The van der Waals surface area contributed by atoms with Gasteiger partial charge in [0, 0.05) is 44.1 Å². The molecule has 2 heterocycles. The highest BCUT2D eigenvalue weighted by atomic mass is 35.5. The number of hydrogen-bond acceptors (Lipinski definition) is 5. The maximum Gasteiger partial charge on any atom is 0.181 e. The predicted molar refractivity (Wildman–Crippen MR) is 108 cm³/mol. The first-order chi connectivity index (χ1) is 13.6. The normalized spacial score (nSPS) is 14.8. The molecule has 0 N–H and O–H groups in total. The smallest absolute Gasteiger partial charge is 0.181 e. The van der Waals surface area contributed by atoms with Crippen molar-refractivity contribution in [2.45, 2.75) is 0 Å². The number of rotatable bonds is 4. The number of hydrogen-bond donors (Lipinski definition) is 0. The molecule has 0 amide bonds. The molecular weight excluding hydrogens is 402 g/mol. The van der Waals surface area contributed by atoms with Crippen LogP contribution < -0.4 is 4.90 Å². The van der Waals surface area contributed by atoms with Crippen molar-refractivity contribution in [2.75, 3.05) is 31.1 Å². The summed E-state index contributed by atoms with van der Waals surface area (Å²) in [5.74, 6) is 0.379. The van der Waals surface area contributed by atoms with Gasteiger partial charge in [0.1, 0.15) is 5.82 Å². The van der Waals surface area contributed by atoms with E-state index in [1.165, 1.54) is 12.1 Å². The average molecular weight is 419 g/mol. The van der Waals surface area contributed by atoms with Gasteiger partial charge >= 0.3 is 0 Å². The lowest BCUT2D eigenvalue weighted by Crippen LogP contribution is -2.44. The second-order valence-electron chi connectivity index (χ2n) is 6.36. The van der Waals surface area contributed by atoms with Gasteiger partial charge in [0.2, 0.25) is 0 Å². The Kier molecular flexibility index (Phi) is 5.45. The quantitative estimate of drug-likeness (QED) is 0.642. The van der Waals surface area contributed by atoms with Gasteiger partial charge in [0.15, 0.2) is 5.82 Å². The fourth-order valence-electron chi connectivity index (χ4n) is 3.05. The number of tetrazole rings is 1. The van der Waals surface area contributed by atoms with Gasteiger partial charge in [-0.25, -0.2) is 4.39 Å². The van der Waals surface area contributed by atoms with Gasteiger partial charge in [-0.05, 0) is 52.9 Å². The van der Waals surface area contributed by atoms with E-state index in [2.05, 4.69) is 25.3 Å². The molecule has 1 aliphatic rings. The zero-order valence-corrected chi connectivity index (χ0v) is 16.4. The van der Waals surface area contributed by atoms with Crippen LogP contribution in [0.25, 0.3) is 11.8 Å². The number of halogens is 3. The third-order valence-corrected chi connectivity index (χ3v) is 5.32. The molecule has 3 aromatic rings. The first-order valence-corrected chi connectivity index (χ1v) is 9.52. The molecule has 4 rings (SSSR count). The van der Waals surface area contributed by atoms with Gasteiger partial charge in [-0.2, -0.15) is 4.68 Å². The summed E-state index contributed by atoms with van der Waals surface area (Å²) in [6.45, 7) is 3.41. The zero-order valence-electron chi connectivity index (χ0n) is 14.8. The average Bonchev–Trinajstić information content (AvgIpc) is 3.18. The zero-order chi connectivity index (χ0) is 19.5. The van der Waals surface area contributed by atoms with Crippen molar-refractivity contribution in [3.05, 3.63) is 70.4 Å². The summed E-state index contributed by atoms with van der Waals surface area (Å²) in [6.07, 6.45) is 3.86. The molecule has 0 bridgehead atoms. The fraction of sp³-hybridized carbons (Fsp3) is 0.211. The second-order valence-corrected chi connectivity index (χ2v) is 7.18. The van der Waals surface area contributed by atoms with Gasteiger partial charge in [-0.15, -0.1) is 5.10 Å². The molecule has 6 nitrogen and oxygen atoms in total. The first kappa shape index (κ1) is 18.7. The molecule has 0 aliphatic carbocycles. The highest BCUT2D eigenvalue weighted by Gasteiger charge is 2.15. The molecule has 0 saturated carbocycles. The Balaban J connectivity index is 1.41. The molecule has 0 spiro atoms. The number of nitrogens with zero attached hydrogens (tertiary/aromatic N) is 6. The lowest BCUT2D eigenvalue weighted by molar-refractivity contribution is 0.351. The van der Waals surface area contributed by atoms with Crippen LogP contribution in [0.2, 0.25) is 10.0 Å². The maximum absolute atomic E-state index is 13.1.